The van der Waals surface area contributed by atoms with Gasteiger partial charge in [0.05, 0.1) is 5.56 Å². The second-order valence-electron chi connectivity index (χ2n) is 4.77. The van der Waals surface area contributed by atoms with Gasteiger partial charge in [-0.05, 0) is 32.9 Å². The predicted molar refractivity (Wildman–Crippen MR) is 70.3 cm³/mol. The van der Waals surface area contributed by atoms with Crippen LogP contribution in [0, 0.1) is 0 Å². The van der Waals surface area contributed by atoms with Gasteiger partial charge in [-0.15, -0.1) is 0 Å². The third-order valence-electron chi connectivity index (χ3n) is 2.57. The number of hydrogen-bond acceptors (Lipinski definition) is 4. The van der Waals surface area contributed by atoms with E-state index in [0.29, 0.717) is 6.54 Å². The Morgan fingerprint density at radius 3 is 2.30 bits per heavy atom. The maximum Gasteiger partial charge on any atom is 0.416 e. The first kappa shape index (κ1) is 16.1. The van der Waals surface area contributed by atoms with Gasteiger partial charge in [0.1, 0.15) is 17.2 Å². The fraction of sp³-hybridized carbons (Fsp3) is 0.500. The molecule has 0 saturated heterocycles. The molecule has 8 heteroatoms. The van der Waals surface area contributed by atoms with Crippen LogP contribution < -0.4 is 16.4 Å². The van der Waals surface area contributed by atoms with Crippen LogP contribution in [-0.2, 0) is 11.0 Å². The number of nitrogens with one attached hydrogen (secondary N) is 2. The van der Waals surface area contributed by atoms with Crippen LogP contribution in [0.3, 0.4) is 0 Å². The summed E-state index contributed by atoms with van der Waals surface area (Å²) in [5.41, 5.74) is 3.11. The number of carbonyl (C=O) groups is 1. The van der Waals surface area contributed by atoms with Crippen LogP contribution in [0.15, 0.2) is 12.1 Å². The minimum absolute atomic E-state index is 0.0698. The van der Waals surface area contributed by atoms with Crippen molar-refractivity contribution in [2.75, 3.05) is 17.2 Å². The summed E-state index contributed by atoms with van der Waals surface area (Å²) in [4.78, 5) is 15.2. The minimum Gasteiger partial charge on any atom is -0.370 e. The number of aromatic nitrogens is 1. The van der Waals surface area contributed by atoms with Crippen LogP contribution in [0.2, 0.25) is 0 Å². The van der Waals surface area contributed by atoms with Gasteiger partial charge in [-0.1, -0.05) is 0 Å². The van der Waals surface area contributed by atoms with E-state index in [1.54, 1.807) is 6.92 Å². The van der Waals surface area contributed by atoms with Gasteiger partial charge in [0, 0.05) is 6.54 Å². The number of hydrogen-bond donors (Lipinski definition) is 3. The molecule has 1 aromatic heterocycles. The molecule has 0 radical (unpaired) electrons. The molecule has 0 aliphatic rings. The van der Waals surface area contributed by atoms with Crippen molar-refractivity contribution in [2.45, 2.75) is 32.5 Å². The zero-order valence-corrected chi connectivity index (χ0v) is 11.4. The van der Waals surface area contributed by atoms with Crippen LogP contribution in [0.5, 0.6) is 0 Å². The van der Waals surface area contributed by atoms with Crippen LogP contribution in [0.25, 0.3) is 0 Å². The van der Waals surface area contributed by atoms with E-state index in [9.17, 15) is 18.0 Å². The highest BCUT2D eigenvalue weighted by atomic mass is 19.4. The number of carbonyl (C=O) groups excluding carboxylic acids is 1. The largest absolute Gasteiger partial charge is 0.416 e. The van der Waals surface area contributed by atoms with E-state index in [1.807, 2.05) is 0 Å². The molecule has 1 heterocycles. The molecule has 1 rings (SSSR count). The number of nitrogens with two attached hydrogens (primary N) is 1. The number of alkyl halides is 3. The zero-order chi connectivity index (χ0) is 15.6. The molecule has 112 valence electrons. The average molecular weight is 290 g/mol. The Hall–Kier alpha value is -1.99. The predicted octanol–water partition coefficient (Wildman–Crippen LogP) is 2.21. The molecule has 0 aromatic carbocycles. The standard InChI is InChI=1S/C12H17F3N4O/c1-4-17-8-5-7(12(13,14)15)6-9(18-8)19-11(2,3)10(16)20/h5-6H,4H2,1-3H3,(H2,16,20)(H2,17,18,19). The first-order valence-electron chi connectivity index (χ1n) is 5.97. The smallest absolute Gasteiger partial charge is 0.370 e. The Morgan fingerprint density at radius 1 is 1.30 bits per heavy atom. The molecule has 0 aliphatic heterocycles. The molecule has 1 aromatic rings. The van der Waals surface area contributed by atoms with Crippen molar-refractivity contribution in [3.8, 4) is 0 Å². The molecule has 0 saturated carbocycles. The third-order valence-corrected chi connectivity index (χ3v) is 2.57. The Morgan fingerprint density at radius 2 is 1.85 bits per heavy atom. The van der Waals surface area contributed by atoms with Gasteiger partial charge < -0.3 is 16.4 Å². The van der Waals surface area contributed by atoms with Gasteiger partial charge in [0.2, 0.25) is 5.91 Å². The highest BCUT2D eigenvalue weighted by molar-refractivity contribution is 5.86. The summed E-state index contributed by atoms with van der Waals surface area (Å²) in [6.07, 6.45) is -4.50. The maximum atomic E-state index is 12.8. The van der Waals surface area contributed by atoms with Crippen LogP contribution in [0.4, 0.5) is 24.8 Å². The van der Waals surface area contributed by atoms with E-state index in [-0.39, 0.29) is 11.6 Å². The molecule has 0 atom stereocenters. The van der Waals surface area contributed by atoms with E-state index in [4.69, 9.17) is 5.73 Å². The zero-order valence-electron chi connectivity index (χ0n) is 11.4. The van der Waals surface area contributed by atoms with Gasteiger partial charge in [0.25, 0.3) is 0 Å². The number of anilines is 2. The van der Waals surface area contributed by atoms with Gasteiger partial charge in [-0.2, -0.15) is 13.2 Å². The quantitative estimate of drug-likeness (QED) is 0.776. The first-order valence-corrected chi connectivity index (χ1v) is 5.97. The molecule has 0 fully saturated rings. The summed E-state index contributed by atoms with van der Waals surface area (Å²) in [6, 6.07) is 1.75. The third kappa shape index (κ3) is 4.01. The van der Waals surface area contributed by atoms with Crippen molar-refractivity contribution >= 4 is 17.5 Å². The second kappa shape index (κ2) is 5.56. The highest BCUT2D eigenvalue weighted by Crippen LogP contribution is 2.32. The summed E-state index contributed by atoms with van der Waals surface area (Å²) < 4.78 is 38.4. The van der Waals surface area contributed by atoms with Crippen molar-refractivity contribution in [1.29, 1.82) is 0 Å². The minimum atomic E-state index is -4.50. The van der Waals surface area contributed by atoms with Crippen LogP contribution >= 0.6 is 0 Å². The molecule has 0 aliphatic carbocycles. The monoisotopic (exact) mass is 290 g/mol. The highest BCUT2D eigenvalue weighted by Gasteiger charge is 2.33. The van der Waals surface area contributed by atoms with Crippen molar-refractivity contribution in [3.05, 3.63) is 17.7 Å². The fourth-order valence-corrected chi connectivity index (χ4v) is 1.41. The van der Waals surface area contributed by atoms with Gasteiger partial charge in [-0.25, -0.2) is 4.98 Å². The lowest BCUT2D eigenvalue weighted by atomic mass is 10.1. The molecule has 0 bridgehead atoms. The van der Waals surface area contributed by atoms with Crippen molar-refractivity contribution in [2.24, 2.45) is 5.73 Å². The number of primary amides is 1. The molecule has 0 unspecified atom stereocenters. The Balaban J connectivity index is 3.19. The van der Waals surface area contributed by atoms with Crippen LogP contribution in [0.1, 0.15) is 26.3 Å². The van der Waals surface area contributed by atoms with Gasteiger partial charge in [0.15, 0.2) is 0 Å². The summed E-state index contributed by atoms with van der Waals surface area (Å²) >= 11 is 0. The van der Waals surface area contributed by atoms with E-state index >= 15 is 0 Å². The summed E-state index contributed by atoms with van der Waals surface area (Å²) in [5, 5.41) is 5.31. The van der Waals surface area contributed by atoms with E-state index in [1.165, 1.54) is 13.8 Å². The molecule has 0 spiro atoms. The molecule has 1 amide bonds. The number of nitrogens with zero attached hydrogens (tertiary/aromatic N) is 1. The molecular formula is C12H17F3N4O. The summed E-state index contributed by atoms with van der Waals surface area (Å²) in [7, 11) is 0. The number of amides is 1. The lowest BCUT2D eigenvalue weighted by molar-refractivity contribution is -0.137. The number of pyridine rings is 1. The number of rotatable bonds is 5. The summed E-state index contributed by atoms with van der Waals surface area (Å²) in [5.74, 6) is -0.689. The first-order chi connectivity index (χ1) is 9.06. The average Bonchev–Trinajstić information content (AvgIpc) is 2.27. The maximum absolute atomic E-state index is 12.8. The normalized spacial score (nSPS) is 12.1. The van der Waals surface area contributed by atoms with E-state index in [0.717, 1.165) is 12.1 Å². The SMILES string of the molecule is CCNc1cc(C(F)(F)F)cc(NC(C)(C)C(N)=O)n1. The number of halogens is 3. The summed E-state index contributed by atoms with van der Waals surface area (Å²) in [6.45, 7) is 5.09. The van der Waals surface area contributed by atoms with Crippen LogP contribution in [-0.4, -0.2) is 23.0 Å². The van der Waals surface area contributed by atoms with Crippen molar-refractivity contribution < 1.29 is 18.0 Å². The molecular weight excluding hydrogens is 273 g/mol. The Kier molecular flexibility index (Phi) is 4.46. The van der Waals surface area contributed by atoms with E-state index < -0.39 is 23.2 Å². The van der Waals surface area contributed by atoms with Crippen molar-refractivity contribution in [1.82, 2.24) is 4.98 Å². The Labute approximate surface area is 114 Å². The lowest BCUT2D eigenvalue weighted by Crippen LogP contribution is -2.45. The topological polar surface area (TPSA) is 80.0 Å². The van der Waals surface area contributed by atoms with Crippen molar-refractivity contribution in [3.63, 3.8) is 0 Å². The van der Waals surface area contributed by atoms with Gasteiger partial charge >= 0.3 is 6.18 Å². The molecule has 20 heavy (non-hydrogen) atoms. The van der Waals surface area contributed by atoms with E-state index in [2.05, 4.69) is 15.6 Å². The lowest BCUT2D eigenvalue weighted by Gasteiger charge is -2.24. The fourth-order valence-electron chi connectivity index (χ4n) is 1.41. The second-order valence-corrected chi connectivity index (χ2v) is 4.77. The molecule has 4 N–H and O–H groups in total. The van der Waals surface area contributed by atoms with Gasteiger partial charge in [-0.3, -0.25) is 4.79 Å². The Bertz CT molecular complexity index is 500. The molecule has 5 nitrogen and oxygen atoms in total.